The maximum Gasteiger partial charge on any atom is 0.270 e. The van der Waals surface area contributed by atoms with Gasteiger partial charge in [0.15, 0.2) is 0 Å². The lowest BCUT2D eigenvalue weighted by atomic mass is 10.1. The zero-order chi connectivity index (χ0) is 12.0. The molecule has 0 N–H and O–H groups in total. The van der Waals surface area contributed by atoms with Crippen LogP contribution >= 0.6 is 15.9 Å². The van der Waals surface area contributed by atoms with Gasteiger partial charge in [-0.1, -0.05) is 28.1 Å². The molecule has 0 bridgehead atoms. The summed E-state index contributed by atoms with van der Waals surface area (Å²) < 4.78 is 5.38. The molecule has 0 aliphatic rings. The number of non-ortho nitro benzene ring substituents is 1. The standard InChI is InChI=1S/C11H12BrNO3/c1-2-16-11-6-5-10(13(14)15)8-9(11)4-3-7-12/h3-6,8H,2,7H2,1H3. The third-order valence-electron chi connectivity index (χ3n) is 1.89. The van der Waals surface area contributed by atoms with Gasteiger partial charge >= 0.3 is 0 Å². The van der Waals surface area contributed by atoms with Gasteiger partial charge in [0.05, 0.1) is 11.5 Å². The van der Waals surface area contributed by atoms with E-state index in [1.165, 1.54) is 12.1 Å². The zero-order valence-electron chi connectivity index (χ0n) is 8.85. The molecule has 1 rings (SSSR count). The van der Waals surface area contributed by atoms with E-state index >= 15 is 0 Å². The van der Waals surface area contributed by atoms with Gasteiger partial charge in [-0.2, -0.15) is 0 Å². The monoisotopic (exact) mass is 285 g/mol. The van der Waals surface area contributed by atoms with E-state index in [1.54, 1.807) is 12.1 Å². The van der Waals surface area contributed by atoms with E-state index in [0.717, 1.165) is 5.56 Å². The van der Waals surface area contributed by atoms with Crippen LogP contribution in [0.1, 0.15) is 12.5 Å². The normalized spacial score (nSPS) is 10.6. The minimum Gasteiger partial charge on any atom is -0.493 e. The Hall–Kier alpha value is -1.36. The van der Waals surface area contributed by atoms with Crippen molar-refractivity contribution in [2.75, 3.05) is 11.9 Å². The molecule has 1 aromatic rings. The number of hydrogen-bond acceptors (Lipinski definition) is 3. The van der Waals surface area contributed by atoms with E-state index in [2.05, 4.69) is 15.9 Å². The van der Waals surface area contributed by atoms with Crippen LogP contribution in [0, 0.1) is 10.1 Å². The van der Waals surface area contributed by atoms with Gasteiger partial charge in [0.25, 0.3) is 5.69 Å². The number of nitro benzene ring substituents is 1. The van der Waals surface area contributed by atoms with Gasteiger partial charge in [-0.3, -0.25) is 10.1 Å². The van der Waals surface area contributed by atoms with E-state index in [9.17, 15) is 10.1 Å². The average molecular weight is 286 g/mol. The molecule has 5 heteroatoms. The summed E-state index contributed by atoms with van der Waals surface area (Å²) in [6.45, 7) is 2.41. The molecular weight excluding hydrogens is 274 g/mol. The second-order valence-corrected chi connectivity index (χ2v) is 3.62. The van der Waals surface area contributed by atoms with Crippen LogP contribution in [-0.2, 0) is 0 Å². The van der Waals surface area contributed by atoms with E-state index < -0.39 is 4.92 Å². The first-order valence-electron chi connectivity index (χ1n) is 4.82. The van der Waals surface area contributed by atoms with Crippen LogP contribution in [0.15, 0.2) is 24.3 Å². The molecule has 0 amide bonds. The van der Waals surface area contributed by atoms with E-state index in [-0.39, 0.29) is 5.69 Å². The molecule has 0 unspecified atom stereocenters. The number of nitro groups is 1. The minimum atomic E-state index is -0.415. The van der Waals surface area contributed by atoms with Gasteiger partial charge in [0.2, 0.25) is 0 Å². The van der Waals surface area contributed by atoms with Crippen molar-refractivity contribution in [3.05, 3.63) is 40.0 Å². The maximum atomic E-state index is 10.6. The van der Waals surface area contributed by atoms with Gasteiger partial charge in [-0.25, -0.2) is 0 Å². The summed E-state index contributed by atoms with van der Waals surface area (Å²) in [6.07, 6.45) is 3.66. The first-order valence-corrected chi connectivity index (χ1v) is 5.95. The highest BCUT2D eigenvalue weighted by atomic mass is 79.9. The molecule has 0 atom stereocenters. The number of hydrogen-bond donors (Lipinski definition) is 0. The smallest absolute Gasteiger partial charge is 0.270 e. The van der Waals surface area contributed by atoms with Crippen LogP contribution in [0.2, 0.25) is 0 Å². The van der Waals surface area contributed by atoms with Crippen LogP contribution in [0.3, 0.4) is 0 Å². The molecule has 0 fully saturated rings. The van der Waals surface area contributed by atoms with Crippen molar-refractivity contribution in [1.82, 2.24) is 0 Å². The fraction of sp³-hybridized carbons (Fsp3) is 0.273. The van der Waals surface area contributed by atoms with E-state index in [4.69, 9.17) is 4.74 Å². The predicted octanol–water partition coefficient (Wildman–Crippen LogP) is 3.40. The molecule has 0 saturated carbocycles. The number of nitrogens with zero attached hydrogens (tertiary/aromatic N) is 1. The van der Waals surface area contributed by atoms with Crippen molar-refractivity contribution < 1.29 is 9.66 Å². The van der Waals surface area contributed by atoms with Crippen molar-refractivity contribution in [1.29, 1.82) is 0 Å². The molecule has 86 valence electrons. The fourth-order valence-electron chi connectivity index (χ4n) is 1.24. The van der Waals surface area contributed by atoms with Gasteiger partial charge in [-0.15, -0.1) is 0 Å². The van der Waals surface area contributed by atoms with E-state index in [1.807, 2.05) is 13.0 Å². The Labute approximate surface area is 102 Å². The Bertz CT molecular complexity index is 404. The largest absolute Gasteiger partial charge is 0.493 e. The van der Waals surface area contributed by atoms with Crippen molar-refractivity contribution in [3.8, 4) is 5.75 Å². The Kier molecular flexibility index (Phi) is 4.98. The number of alkyl halides is 1. The molecule has 0 aliphatic carbocycles. The number of halogens is 1. The number of benzene rings is 1. The van der Waals surface area contributed by atoms with Crippen molar-refractivity contribution >= 4 is 27.7 Å². The van der Waals surface area contributed by atoms with Crippen LogP contribution < -0.4 is 4.74 Å². The van der Waals surface area contributed by atoms with Crippen molar-refractivity contribution in [3.63, 3.8) is 0 Å². The third kappa shape index (κ3) is 3.34. The summed E-state index contributed by atoms with van der Waals surface area (Å²) in [4.78, 5) is 10.2. The molecule has 1 aromatic carbocycles. The maximum absolute atomic E-state index is 10.6. The Morgan fingerprint density at radius 3 is 2.88 bits per heavy atom. The van der Waals surface area contributed by atoms with Gasteiger partial charge in [0.1, 0.15) is 5.75 Å². The summed E-state index contributed by atoms with van der Waals surface area (Å²) in [6, 6.07) is 4.57. The van der Waals surface area contributed by atoms with Crippen LogP contribution in [0.4, 0.5) is 5.69 Å². The zero-order valence-corrected chi connectivity index (χ0v) is 10.4. The molecule has 0 saturated heterocycles. The second-order valence-electron chi connectivity index (χ2n) is 2.97. The summed E-state index contributed by atoms with van der Waals surface area (Å²) in [7, 11) is 0. The molecular formula is C11H12BrNO3. The summed E-state index contributed by atoms with van der Waals surface area (Å²) in [5.74, 6) is 0.658. The highest BCUT2D eigenvalue weighted by molar-refractivity contribution is 9.09. The quantitative estimate of drug-likeness (QED) is 0.473. The van der Waals surface area contributed by atoms with Crippen LogP contribution in [0.5, 0.6) is 5.75 Å². The Morgan fingerprint density at radius 2 is 2.31 bits per heavy atom. The van der Waals surface area contributed by atoms with Crippen molar-refractivity contribution in [2.45, 2.75) is 6.92 Å². The molecule has 16 heavy (non-hydrogen) atoms. The predicted molar refractivity (Wildman–Crippen MR) is 67.1 cm³/mol. The van der Waals surface area contributed by atoms with E-state index in [0.29, 0.717) is 17.7 Å². The highest BCUT2D eigenvalue weighted by Gasteiger charge is 2.09. The Balaban J connectivity index is 3.10. The molecule has 0 aliphatic heterocycles. The molecule has 0 aromatic heterocycles. The van der Waals surface area contributed by atoms with Gasteiger partial charge in [0, 0.05) is 23.0 Å². The topological polar surface area (TPSA) is 52.4 Å². The molecule has 4 nitrogen and oxygen atoms in total. The van der Waals surface area contributed by atoms with Gasteiger partial charge < -0.3 is 4.74 Å². The molecule has 0 spiro atoms. The number of rotatable bonds is 5. The Morgan fingerprint density at radius 1 is 1.56 bits per heavy atom. The average Bonchev–Trinajstić information content (AvgIpc) is 2.27. The summed E-state index contributed by atoms with van der Waals surface area (Å²) in [5.41, 5.74) is 0.785. The molecule has 0 radical (unpaired) electrons. The van der Waals surface area contributed by atoms with Crippen LogP contribution in [0.25, 0.3) is 6.08 Å². The lowest BCUT2D eigenvalue weighted by Gasteiger charge is -2.06. The number of allylic oxidation sites excluding steroid dienone is 1. The summed E-state index contributed by atoms with van der Waals surface area (Å²) in [5, 5.41) is 11.3. The molecule has 0 heterocycles. The lowest BCUT2D eigenvalue weighted by molar-refractivity contribution is -0.384. The van der Waals surface area contributed by atoms with Crippen molar-refractivity contribution in [2.24, 2.45) is 0 Å². The first kappa shape index (κ1) is 12.7. The van der Waals surface area contributed by atoms with Gasteiger partial charge in [-0.05, 0) is 13.0 Å². The lowest BCUT2D eigenvalue weighted by Crippen LogP contribution is -1.95. The second kappa shape index (κ2) is 6.27. The fourth-order valence-corrected chi connectivity index (χ4v) is 1.43. The number of ether oxygens (including phenoxy) is 1. The third-order valence-corrected chi connectivity index (χ3v) is 2.26. The minimum absolute atomic E-state index is 0.0673. The first-order chi connectivity index (χ1) is 7.69. The SMILES string of the molecule is CCOc1ccc([N+](=O)[O-])cc1C=CCBr. The van der Waals surface area contributed by atoms with Crippen LogP contribution in [-0.4, -0.2) is 16.9 Å². The summed E-state index contributed by atoms with van der Waals surface area (Å²) >= 11 is 3.26. The highest BCUT2D eigenvalue weighted by Crippen LogP contribution is 2.25.